The Kier molecular flexibility index (Phi) is 5.02. The minimum Gasteiger partial charge on any atom is -0.497 e. The zero-order chi connectivity index (χ0) is 15.6. The Bertz CT molecular complexity index is 520. The van der Waals surface area contributed by atoms with Gasteiger partial charge in [-0.15, -0.1) is 23.2 Å². The van der Waals surface area contributed by atoms with E-state index in [0.717, 1.165) is 11.3 Å². The first-order valence-corrected chi connectivity index (χ1v) is 7.56. The van der Waals surface area contributed by atoms with Crippen LogP contribution in [0.5, 0.6) is 5.75 Å². The van der Waals surface area contributed by atoms with Gasteiger partial charge in [0.25, 0.3) is 0 Å². The van der Waals surface area contributed by atoms with Gasteiger partial charge in [0.2, 0.25) is 5.91 Å². The molecule has 1 aromatic rings. The van der Waals surface area contributed by atoms with Crippen LogP contribution in [0.25, 0.3) is 0 Å². The molecule has 1 aliphatic carbocycles. The summed E-state index contributed by atoms with van der Waals surface area (Å²) >= 11 is 11.8. The van der Waals surface area contributed by atoms with Gasteiger partial charge in [0, 0.05) is 6.54 Å². The van der Waals surface area contributed by atoms with Gasteiger partial charge in [-0.3, -0.25) is 4.79 Å². The van der Waals surface area contributed by atoms with Gasteiger partial charge < -0.3 is 15.0 Å². The highest BCUT2D eigenvalue weighted by Crippen LogP contribution is 2.53. The van der Waals surface area contributed by atoms with Gasteiger partial charge >= 0.3 is 0 Å². The van der Waals surface area contributed by atoms with Crippen LogP contribution in [-0.4, -0.2) is 42.9 Å². The lowest BCUT2D eigenvalue weighted by molar-refractivity contribution is -0.122. The molecule has 1 amide bonds. The van der Waals surface area contributed by atoms with Crippen molar-refractivity contribution in [3.63, 3.8) is 0 Å². The first-order chi connectivity index (χ1) is 9.85. The molecule has 1 fully saturated rings. The first kappa shape index (κ1) is 16.4. The molecular formula is C15H20Cl2N2O2. The van der Waals surface area contributed by atoms with E-state index in [1.165, 1.54) is 0 Å². The van der Waals surface area contributed by atoms with E-state index in [0.29, 0.717) is 13.0 Å². The number of hydrogen-bond acceptors (Lipinski definition) is 3. The van der Waals surface area contributed by atoms with Crippen molar-refractivity contribution in [2.45, 2.75) is 16.8 Å². The fourth-order valence-corrected chi connectivity index (χ4v) is 2.77. The molecule has 2 rings (SSSR count). The number of nitrogens with one attached hydrogen (secondary N) is 1. The number of methoxy groups -OCH3 is 1. The summed E-state index contributed by atoms with van der Waals surface area (Å²) in [5.41, 5.74) is 1.08. The monoisotopic (exact) mass is 330 g/mol. The lowest BCUT2D eigenvalue weighted by Gasteiger charge is -2.25. The van der Waals surface area contributed by atoms with E-state index in [2.05, 4.69) is 10.2 Å². The Morgan fingerprint density at radius 2 is 2.19 bits per heavy atom. The van der Waals surface area contributed by atoms with Crippen LogP contribution in [0.2, 0.25) is 0 Å². The van der Waals surface area contributed by atoms with E-state index in [1.807, 2.05) is 38.4 Å². The van der Waals surface area contributed by atoms with Gasteiger partial charge in [0.05, 0.1) is 19.1 Å². The minimum atomic E-state index is -0.881. The van der Waals surface area contributed by atoms with Crippen molar-refractivity contribution < 1.29 is 9.53 Å². The summed E-state index contributed by atoms with van der Waals surface area (Å²) in [6, 6.07) is 7.89. The molecule has 1 saturated carbocycles. The van der Waals surface area contributed by atoms with Gasteiger partial charge in [-0.2, -0.15) is 0 Å². The fraction of sp³-hybridized carbons (Fsp3) is 0.533. The summed E-state index contributed by atoms with van der Waals surface area (Å²) in [4.78, 5) is 14.0. The predicted molar refractivity (Wildman–Crippen MR) is 85.0 cm³/mol. The van der Waals surface area contributed by atoms with E-state index >= 15 is 0 Å². The van der Waals surface area contributed by atoms with Crippen LogP contribution < -0.4 is 10.1 Å². The predicted octanol–water partition coefficient (Wildman–Crippen LogP) is 2.61. The smallest absolute Gasteiger partial charge is 0.226 e. The number of halogens is 2. The van der Waals surface area contributed by atoms with Crippen molar-refractivity contribution >= 4 is 29.1 Å². The second-order valence-electron chi connectivity index (χ2n) is 5.52. The van der Waals surface area contributed by atoms with Crippen LogP contribution in [0.4, 0.5) is 0 Å². The van der Waals surface area contributed by atoms with Crippen molar-refractivity contribution in [3.05, 3.63) is 29.8 Å². The van der Waals surface area contributed by atoms with Crippen LogP contribution in [0.1, 0.15) is 18.0 Å². The normalized spacial score (nSPS) is 21.0. The lowest BCUT2D eigenvalue weighted by Crippen LogP contribution is -2.36. The highest BCUT2D eigenvalue weighted by atomic mass is 35.5. The second kappa shape index (κ2) is 6.42. The number of hydrogen-bond donors (Lipinski definition) is 1. The third-order valence-electron chi connectivity index (χ3n) is 3.71. The van der Waals surface area contributed by atoms with Gasteiger partial charge in [0.1, 0.15) is 10.1 Å². The maximum atomic E-state index is 12.0. The molecule has 1 N–H and O–H groups in total. The molecule has 116 valence electrons. The third kappa shape index (κ3) is 4.02. The maximum Gasteiger partial charge on any atom is 0.226 e. The Morgan fingerprint density at radius 3 is 2.71 bits per heavy atom. The number of amides is 1. The molecule has 4 nitrogen and oxygen atoms in total. The van der Waals surface area contributed by atoms with E-state index < -0.39 is 4.33 Å². The number of nitrogens with zero attached hydrogens (tertiary/aromatic N) is 1. The zero-order valence-electron chi connectivity index (χ0n) is 12.4. The summed E-state index contributed by atoms with van der Waals surface area (Å²) in [5, 5.41) is 2.93. The number of carbonyl (C=O) groups is 1. The average Bonchev–Trinajstić information content (AvgIpc) is 3.08. The van der Waals surface area contributed by atoms with E-state index in [4.69, 9.17) is 27.9 Å². The molecule has 0 bridgehead atoms. The second-order valence-corrected chi connectivity index (χ2v) is 7.06. The Hall–Kier alpha value is -0.970. The molecule has 1 aromatic carbocycles. The summed E-state index contributed by atoms with van der Waals surface area (Å²) < 4.78 is 4.36. The molecule has 0 saturated heterocycles. The standard InChI is InChI=1S/C15H20Cl2N2O2/c1-19(2)13(10-5-4-6-11(7-10)21-3)9-18-14(20)12-8-15(12,16)17/h4-7,12-13H,8-9H2,1-3H3,(H,18,20). The molecular weight excluding hydrogens is 311 g/mol. The number of benzene rings is 1. The SMILES string of the molecule is COc1cccc(C(CNC(=O)C2CC2(Cl)Cl)N(C)C)c1. The van der Waals surface area contributed by atoms with Gasteiger partial charge in [-0.25, -0.2) is 0 Å². The number of carbonyl (C=O) groups excluding carboxylic acids is 1. The Morgan fingerprint density at radius 1 is 1.52 bits per heavy atom. The first-order valence-electron chi connectivity index (χ1n) is 6.81. The molecule has 2 unspecified atom stereocenters. The topological polar surface area (TPSA) is 41.6 Å². The van der Waals surface area contributed by atoms with Crippen molar-refractivity contribution in [1.29, 1.82) is 0 Å². The Balaban J connectivity index is 2.01. The molecule has 2 atom stereocenters. The molecule has 1 aliphatic rings. The fourth-order valence-electron chi connectivity index (χ4n) is 2.27. The van der Waals surface area contributed by atoms with Crippen LogP contribution in [0.3, 0.4) is 0 Å². The molecule has 0 aromatic heterocycles. The molecule has 21 heavy (non-hydrogen) atoms. The minimum absolute atomic E-state index is 0.0582. The molecule has 0 aliphatic heterocycles. The summed E-state index contributed by atoms with van der Waals surface area (Å²) in [7, 11) is 5.58. The Labute approximate surface area is 135 Å². The van der Waals surface area contributed by atoms with Crippen molar-refractivity contribution in [3.8, 4) is 5.75 Å². The quantitative estimate of drug-likeness (QED) is 0.815. The molecule has 0 radical (unpaired) electrons. The van der Waals surface area contributed by atoms with E-state index in [1.54, 1.807) is 7.11 Å². The highest BCUT2D eigenvalue weighted by Gasteiger charge is 2.56. The zero-order valence-corrected chi connectivity index (χ0v) is 13.9. The van der Waals surface area contributed by atoms with Crippen molar-refractivity contribution in [2.24, 2.45) is 5.92 Å². The summed E-state index contributed by atoms with van der Waals surface area (Å²) in [6.45, 7) is 0.499. The van der Waals surface area contributed by atoms with Gasteiger partial charge in [0.15, 0.2) is 0 Å². The highest BCUT2D eigenvalue weighted by molar-refractivity contribution is 6.52. The van der Waals surface area contributed by atoms with Gasteiger partial charge in [-0.1, -0.05) is 12.1 Å². The van der Waals surface area contributed by atoms with Crippen LogP contribution in [0.15, 0.2) is 24.3 Å². The number of ether oxygens (including phenoxy) is 1. The van der Waals surface area contributed by atoms with Crippen molar-refractivity contribution in [2.75, 3.05) is 27.7 Å². The molecule has 0 spiro atoms. The van der Waals surface area contributed by atoms with Crippen LogP contribution in [-0.2, 0) is 4.79 Å². The molecule has 6 heteroatoms. The van der Waals surface area contributed by atoms with Crippen molar-refractivity contribution in [1.82, 2.24) is 10.2 Å². The number of alkyl halides is 2. The molecule has 0 heterocycles. The summed E-state index contributed by atoms with van der Waals surface area (Å²) in [6.07, 6.45) is 0.522. The maximum absolute atomic E-state index is 12.0. The largest absolute Gasteiger partial charge is 0.497 e. The summed E-state index contributed by atoms with van der Waals surface area (Å²) in [5.74, 6) is 0.414. The van der Waals surface area contributed by atoms with Crippen LogP contribution >= 0.6 is 23.2 Å². The third-order valence-corrected chi connectivity index (χ3v) is 4.55. The van der Waals surface area contributed by atoms with E-state index in [9.17, 15) is 4.79 Å². The van der Waals surface area contributed by atoms with Crippen LogP contribution in [0, 0.1) is 5.92 Å². The average molecular weight is 331 g/mol. The number of rotatable bonds is 6. The number of likely N-dealkylation sites (N-methyl/N-ethyl adjacent to an activating group) is 1. The van der Waals surface area contributed by atoms with Gasteiger partial charge in [-0.05, 0) is 38.2 Å². The lowest BCUT2D eigenvalue weighted by atomic mass is 10.1. The van der Waals surface area contributed by atoms with E-state index in [-0.39, 0.29) is 17.9 Å².